The number of aromatic amines is 1. The fourth-order valence-electron chi connectivity index (χ4n) is 3.38. The van der Waals surface area contributed by atoms with Crippen LogP contribution in [0.4, 0.5) is 27.6 Å². The summed E-state index contributed by atoms with van der Waals surface area (Å²) in [5.74, 6) is -1.89. The largest absolute Gasteiger partial charge is 0.482 e. The van der Waals surface area contributed by atoms with Gasteiger partial charge in [-0.05, 0) is 25.1 Å². The standard InChI is InChI=1S/C19H21F5N4O3/c20-13-2-3-15(16(10-13)31-12-19(22,23)24)27-8-6-26(7-9-27)4-1-5-28-17(29)14(21)11-25-18(28)30/h2-3,10-11H,1,4-9,12H2,(H,25,30). The molecule has 0 bridgehead atoms. The molecule has 0 spiro atoms. The van der Waals surface area contributed by atoms with Gasteiger partial charge in [-0.3, -0.25) is 14.3 Å². The molecule has 0 radical (unpaired) electrons. The lowest BCUT2D eigenvalue weighted by molar-refractivity contribution is -0.153. The fraction of sp³-hybridized carbons (Fsp3) is 0.474. The normalized spacial score (nSPS) is 15.3. The van der Waals surface area contributed by atoms with Crippen molar-refractivity contribution < 1.29 is 26.7 Å². The van der Waals surface area contributed by atoms with Crippen molar-refractivity contribution >= 4 is 5.69 Å². The van der Waals surface area contributed by atoms with Crippen LogP contribution in [0.1, 0.15) is 6.42 Å². The average molecular weight is 448 g/mol. The van der Waals surface area contributed by atoms with E-state index in [1.807, 2.05) is 4.90 Å². The lowest BCUT2D eigenvalue weighted by Gasteiger charge is -2.36. The molecule has 2 heterocycles. The lowest BCUT2D eigenvalue weighted by atomic mass is 10.2. The summed E-state index contributed by atoms with van der Waals surface area (Å²) in [6.07, 6.45) is -3.38. The van der Waals surface area contributed by atoms with Crippen LogP contribution in [-0.4, -0.2) is 60.0 Å². The van der Waals surface area contributed by atoms with E-state index < -0.39 is 35.7 Å². The topological polar surface area (TPSA) is 70.6 Å². The molecule has 170 valence electrons. The van der Waals surface area contributed by atoms with Crippen molar-refractivity contribution in [1.82, 2.24) is 14.5 Å². The Kier molecular flexibility index (Phi) is 6.98. The van der Waals surface area contributed by atoms with Gasteiger partial charge < -0.3 is 14.6 Å². The number of anilines is 1. The summed E-state index contributed by atoms with van der Waals surface area (Å²) in [5.41, 5.74) is -1.28. The van der Waals surface area contributed by atoms with E-state index in [-0.39, 0.29) is 12.3 Å². The van der Waals surface area contributed by atoms with Crippen molar-refractivity contribution in [3.63, 3.8) is 0 Å². The summed E-state index contributed by atoms with van der Waals surface area (Å²) in [7, 11) is 0. The predicted octanol–water partition coefficient (Wildman–Crippen LogP) is 1.97. The highest BCUT2D eigenvalue weighted by molar-refractivity contribution is 5.59. The van der Waals surface area contributed by atoms with Gasteiger partial charge in [-0.15, -0.1) is 0 Å². The van der Waals surface area contributed by atoms with Crippen LogP contribution in [0.25, 0.3) is 0 Å². The Morgan fingerprint density at radius 3 is 2.42 bits per heavy atom. The van der Waals surface area contributed by atoms with Gasteiger partial charge in [-0.25, -0.2) is 9.18 Å². The van der Waals surface area contributed by atoms with E-state index in [1.54, 1.807) is 0 Å². The van der Waals surface area contributed by atoms with Gasteiger partial charge in [-0.1, -0.05) is 0 Å². The molecule has 1 aliphatic heterocycles. The second-order valence-corrected chi connectivity index (χ2v) is 7.10. The average Bonchev–Trinajstić information content (AvgIpc) is 2.72. The molecule has 2 aromatic rings. The van der Waals surface area contributed by atoms with Crippen molar-refractivity contribution in [1.29, 1.82) is 0 Å². The minimum absolute atomic E-state index is 0.0551. The van der Waals surface area contributed by atoms with Crippen LogP contribution in [-0.2, 0) is 6.54 Å². The zero-order chi connectivity index (χ0) is 22.6. The zero-order valence-corrected chi connectivity index (χ0v) is 16.4. The number of nitrogens with zero attached hydrogens (tertiary/aromatic N) is 3. The Balaban J connectivity index is 1.55. The maximum absolute atomic E-state index is 13.5. The first kappa shape index (κ1) is 22.8. The number of rotatable bonds is 7. The quantitative estimate of drug-likeness (QED) is 0.656. The Morgan fingerprint density at radius 1 is 1.03 bits per heavy atom. The highest BCUT2D eigenvalue weighted by Gasteiger charge is 2.29. The summed E-state index contributed by atoms with van der Waals surface area (Å²) >= 11 is 0. The summed E-state index contributed by atoms with van der Waals surface area (Å²) in [5, 5.41) is 0. The summed E-state index contributed by atoms with van der Waals surface area (Å²) in [6.45, 7) is 1.14. The van der Waals surface area contributed by atoms with Crippen LogP contribution in [0.15, 0.2) is 34.0 Å². The van der Waals surface area contributed by atoms with Gasteiger partial charge >= 0.3 is 11.9 Å². The van der Waals surface area contributed by atoms with Crippen LogP contribution in [0.5, 0.6) is 5.75 Å². The molecule has 0 atom stereocenters. The number of ether oxygens (including phenoxy) is 1. The van der Waals surface area contributed by atoms with Crippen LogP contribution < -0.4 is 20.9 Å². The maximum atomic E-state index is 13.5. The van der Waals surface area contributed by atoms with E-state index in [1.165, 1.54) is 6.07 Å². The molecule has 31 heavy (non-hydrogen) atoms. The molecule has 1 aliphatic rings. The Hall–Kier alpha value is -2.89. The molecular formula is C19H21F5N4O3. The lowest BCUT2D eigenvalue weighted by Crippen LogP contribution is -2.47. The van der Waals surface area contributed by atoms with E-state index in [4.69, 9.17) is 4.74 Å². The third-order valence-electron chi connectivity index (χ3n) is 4.90. The number of hydrogen-bond donors (Lipinski definition) is 1. The number of benzene rings is 1. The van der Waals surface area contributed by atoms with Crippen LogP contribution >= 0.6 is 0 Å². The van der Waals surface area contributed by atoms with Crippen LogP contribution in [0.3, 0.4) is 0 Å². The number of halogens is 5. The molecule has 3 rings (SSSR count). The minimum atomic E-state index is -4.53. The number of alkyl halides is 3. The Morgan fingerprint density at radius 2 is 1.74 bits per heavy atom. The Bertz CT molecular complexity index is 1010. The number of nitrogens with one attached hydrogen (secondary N) is 1. The molecule has 0 aliphatic carbocycles. The van der Waals surface area contributed by atoms with Gasteiger partial charge in [0.25, 0.3) is 5.56 Å². The summed E-state index contributed by atoms with van der Waals surface area (Å²) in [6, 6.07) is 3.48. The van der Waals surface area contributed by atoms with E-state index in [2.05, 4.69) is 9.88 Å². The van der Waals surface area contributed by atoms with Gasteiger partial charge in [0.2, 0.25) is 5.82 Å². The molecule has 0 saturated carbocycles. The van der Waals surface area contributed by atoms with Crippen molar-refractivity contribution in [2.75, 3.05) is 44.2 Å². The van der Waals surface area contributed by atoms with Gasteiger partial charge in [0.1, 0.15) is 11.6 Å². The number of hydrogen-bond acceptors (Lipinski definition) is 5. The first-order chi connectivity index (χ1) is 14.6. The second-order valence-electron chi connectivity index (χ2n) is 7.10. The zero-order valence-electron chi connectivity index (χ0n) is 16.4. The molecule has 0 amide bonds. The third kappa shape index (κ3) is 6.06. The molecule has 1 aromatic carbocycles. The molecule has 1 saturated heterocycles. The van der Waals surface area contributed by atoms with Gasteiger partial charge in [-0.2, -0.15) is 17.6 Å². The number of aromatic nitrogens is 2. The number of H-pyrrole nitrogens is 1. The molecule has 1 N–H and O–H groups in total. The van der Waals surface area contributed by atoms with Crippen molar-refractivity contribution in [2.45, 2.75) is 19.1 Å². The minimum Gasteiger partial charge on any atom is -0.482 e. The van der Waals surface area contributed by atoms with E-state index >= 15 is 0 Å². The molecule has 7 nitrogen and oxygen atoms in total. The van der Waals surface area contributed by atoms with Gasteiger partial charge in [0.15, 0.2) is 6.61 Å². The molecule has 1 fully saturated rings. The molecular weight excluding hydrogens is 427 g/mol. The first-order valence-corrected chi connectivity index (χ1v) is 9.58. The SMILES string of the molecule is O=c1[nH]cc(F)c(=O)n1CCCN1CCN(c2ccc(F)cc2OCC(F)(F)F)CC1. The highest BCUT2D eigenvalue weighted by Crippen LogP contribution is 2.31. The summed E-state index contributed by atoms with van der Waals surface area (Å²) in [4.78, 5) is 29.4. The molecule has 0 unspecified atom stereocenters. The van der Waals surface area contributed by atoms with Gasteiger partial charge in [0.05, 0.1) is 5.69 Å². The summed E-state index contributed by atoms with van der Waals surface area (Å²) < 4.78 is 69.8. The fourth-order valence-corrected chi connectivity index (χ4v) is 3.38. The highest BCUT2D eigenvalue weighted by atomic mass is 19.4. The molecule has 1 aromatic heterocycles. The Labute approximate surface area is 173 Å². The van der Waals surface area contributed by atoms with Gasteiger partial charge in [0, 0.05) is 45.0 Å². The maximum Gasteiger partial charge on any atom is 0.422 e. The third-order valence-corrected chi connectivity index (χ3v) is 4.90. The monoisotopic (exact) mass is 448 g/mol. The van der Waals surface area contributed by atoms with Crippen LogP contribution in [0, 0.1) is 11.6 Å². The van der Waals surface area contributed by atoms with Crippen molar-refractivity contribution in [3.8, 4) is 5.75 Å². The first-order valence-electron chi connectivity index (χ1n) is 9.58. The van der Waals surface area contributed by atoms with E-state index in [0.717, 1.165) is 22.9 Å². The molecule has 12 heteroatoms. The van der Waals surface area contributed by atoms with Crippen LogP contribution in [0.2, 0.25) is 0 Å². The number of piperazine rings is 1. The van der Waals surface area contributed by atoms with E-state index in [0.29, 0.717) is 44.8 Å². The second kappa shape index (κ2) is 9.50. The van der Waals surface area contributed by atoms with E-state index in [9.17, 15) is 31.5 Å². The smallest absolute Gasteiger partial charge is 0.422 e. The van der Waals surface area contributed by atoms with Crippen molar-refractivity contribution in [3.05, 3.63) is 56.9 Å². The van der Waals surface area contributed by atoms with Crippen molar-refractivity contribution in [2.24, 2.45) is 0 Å². The predicted molar refractivity (Wildman–Crippen MR) is 103 cm³/mol.